The van der Waals surface area contributed by atoms with Crippen LogP contribution in [0.25, 0.3) is 0 Å². The lowest BCUT2D eigenvalue weighted by molar-refractivity contribution is -0.116. The van der Waals surface area contributed by atoms with E-state index < -0.39 is 6.09 Å². The van der Waals surface area contributed by atoms with Crippen molar-refractivity contribution in [3.63, 3.8) is 0 Å². The van der Waals surface area contributed by atoms with Gasteiger partial charge in [-0.2, -0.15) is 0 Å². The monoisotopic (exact) mass is 328 g/mol. The summed E-state index contributed by atoms with van der Waals surface area (Å²) < 4.78 is 5.59. The molecule has 1 N–H and O–H groups in total. The van der Waals surface area contributed by atoms with E-state index in [-0.39, 0.29) is 5.91 Å². The molecule has 1 rings (SSSR count). The highest BCUT2D eigenvalue weighted by Gasteiger charge is 2.14. The molecule has 0 fully saturated rings. The van der Waals surface area contributed by atoms with Crippen molar-refractivity contribution in [1.82, 2.24) is 5.32 Å². The van der Waals surface area contributed by atoms with E-state index in [2.05, 4.69) is 21.2 Å². The second-order valence-electron chi connectivity index (χ2n) is 3.77. The zero-order valence-corrected chi connectivity index (χ0v) is 12.6. The van der Waals surface area contributed by atoms with Gasteiger partial charge in [-0.25, -0.2) is 4.79 Å². The minimum atomic E-state index is -0.474. The summed E-state index contributed by atoms with van der Waals surface area (Å²) >= 11 is 3.40. The van der Waals surface area contributed by atoms with E-state index in [0.717, 1.165) is 10.2 Å². The third-order valence-corrected chi connectivity index (χ3v) is 3.07. The van der Waals surface area contributed by atoms with Crippen molar-refractivity contribution in [3.05, 3.63) is 28.7 Å². The highest BCUT2D eigenvalue weighted by Crippen LogP contribution is 2.25. The summed E-state index contributed by atoms with van der Waals surface area (Å²) in [6, 6.07) is 7.44. The molecule has 0 saturated heterocycles. The fourth-order valence-electron chi connectivity index (χ4n) is 1.57. The number of hydrogen-bond donors (Lipinski definition) is 1. The number of benzene rings is 1. The summed E-state index contributed by atoms with van der Waals surface area (Å²) in [6.07, 6.45) is -0.474. The molecule has 5 nitrogen and oxygen atoms in total. The number of halogens is 1. The van der Waals surface area contributed by atoms with Crippen molar-refractivity contribution in [2.24, 2.45) is 0 Å². The van der Waals surface area contributed by atoms with Crippen LogP contribution in [0.2, 0.25) is 0 Å². The standard InChI is InChI=1S/C13H17BrN2O3/c1-3-19-13(18)15-8-9-16(10(2)17)12-7-5-4-6-11(12)14/h4-7H,3,8-9H2,1-2H3,(H,15,18). The molecule has 104 valence electrons. The molecule has 1 aromatic carbocycles. The molecule has 0 aromatic heterocycles. The average Bonchev–Trinajstić information content (AvgIpc) is 2.36. The van der Waals surface area contributed by atoms with Gasteiger partial charge in [-0.3, -0.25) is 4.79 Å². The summed E-state index contributed by atoms with van der Waals surface area (Å²) in [5, 5.41) is 2.59. The zero-order chi connectivity index (χ0) is 14.3. The molecule has 0 aliphatic heterocycles. The van der Waals surface area contributed by atoms with Crippen LogP contribution in [0.3, 0.4) is 0 Å². The van der Waals surface area contributed by atoms with Gasteiger partial charge >= 0.3 is 6.09 Å². The number of carbonyl (C=O) groups excluding carboxylic acids is 2. The molecular formula is C13H17BrN2O3. The number of ether oxygens (including phenoxy) is 1. The second kappa shape index (κ2) is 7.78. The lowest BCUT2D eigenvalue weighted by Crippen LogP contribution is -2.37. The number of rotatable bonds is 5. The van der Waals surface area contributed by atoms with Gasteiger partial charge in [0.2, 0.25) is 5.91 Å². The molecule has 0 unspecified atom stereocenters. The number of hydrogen-bond acceptors (Lipinski definition) is 3. The van der Waals surface area contributed by atoms with E-state index in [9.17, 15) is 9.59 Å². The molecule has 0 radical (unpaired) electrons. The average molecular weight is 329 g/mol. The first-order valence-corrected chi connectivity index (χ1v) is 6.78. The predicted octanol–water partition coefficient (Wildman–Crippen LogP) is 2.55. The Morgan fingerprint density at radius 2 is 2.05 bits per heavy atom. The second-order valence-corrected chi connectivity index (χ2v) is 4.62. The number of alkyl carbamates (subject to hydrolysis) is 1. The maximum Gasteiger partial charge on any atom is 0.407 e. The summed E-state index contributed by atoms with van der Waals surface area (Å²) in [5.41, 5.74) is 0.778. The first-order chi connectivity index (χ1) is 9.06. The number of carbonyl (C=O) groups is 2. The van der Waals surface area contributed by atoms with Crippen LogP contribution >= 0.6 is 15.9 Å². The van der Waals surface area contributed by atoms with Crippen molar-refractivity contribution in [1.29, 1.82) is 0 Å². The summed E-state index contributed by atoms with van der Waals surface area (Å²) in [4.78, 5) is 24.4. The smallest absolute Gasteiger partial charge is 0.407 e. The Labute approximate surface area is 121 Å². The van der Waals surface area contributed by atoms with Gasteiger partial charge < -0.3 is 15.0 Å². The molecule has 19 heavy (non-hydrogen) atoms. The van der Waals surface area contributed by atoms with Gasteiger partial charge in [-0.05, 0) is 35.0 Å². The first kappa shape index (κ1) is 15.5. The molecular weight excluding hydrogens is 312 g/mol. The molecule has 1 aromatic rings. The van der Waals surface area contributed by atoms with Crippen molar-refractivity contribution in [2.75, 3.05) is 24.6 Å². The Hall–Kier alpha value is -1.56. The topological polar surface area (TPSA) is 58.6 Å². The Kier molecular flexibility index (Phi) is 6.35. The normalized spacial score (nSPS) is 9.84. The summed E-state index contributed by atoms with van der Waals surface area (Å²) in [7, 11) is 0. The molecule has 0 atom stereocenters. The Morgan fingerprint density at radius 3 is 2.63 bits per heavy atom. The molecule has 0 aliphatic carbocycles. The van der Waals surface area contributed by atoms with Crippen LogP contribution in [-0.2, 0) is 9.53 Å². The molecule has 0 bridgehead atoms. The van der Waals surface area contributed by atoms with E-state index in [4.69, 9.17) is 4.74 Å². The van der Waals surface area contributed by atoms with Crippen LogP contribution in [0.4, 0.5) is 10.5 Å². The minimum absolute atomic E-state index is 0.0856. The lowest BCUT2D eigenvalue weighted by atomic mass is 10.3. The highest BCUT2D eigenvalue weighted by molar-refractivity contribution is 9.10. The Bertz CT molecular complexity index is 451. The summed E-state index contributed by atoms with van der Waals surface area (Å²) in [6.45, 7) is 4.27. The van der Waals surface area contributed by atoms with Crippen LogP contribution in [0, 0.1) is 0 Å². The van der Waals surface area contributed by atoms with Crippen LogP contribution in [0.15, 0.2) is 28.7 Å². The maximum absolute atomic E-state index is 11.7. The quantitative estimate of drug-likeness (QED) is 0.903. The van der Waals surface area contributed by atoms with Gasteiger partial charge in [0, 0.05) is 24.5 Å². The van der Waals surface area contributed by atoms with Crippen LogP contribution < -0.4 is 10.2 Å². The van der Waals surface area contributed by atoms with Gasteiger partial charge in [0.15, 0.2) is 0 Å². The Morgan fingerprint density at radius 1 is 1.37 bits per heavy atom. The van der Waals surface area contributed by atoms with Gasteiger partial charge in [-0.1, -0.05) is 12.1 Å². The van der Waals surface area contributed by atoms with Gasteiger partial charge in [0.1, 0.15) is 0 Å². The summed E-state index contributed by atoms with van der Waals surface area (Å²) in [5.74, 6) is -0.0856. The molecule has 0 spiro atoms. The molecule has 0 saturated carbocycles. The number of nitrogens with zero attached hydrogens (tertiary/aromatic N) is 1. The van der Waals surface area contributed by atoms with Crippen molar-refractivity contribution < 1.29 is 14.3 Å². The number of amides is 2. The van der Waals surface area contributed by atoms with Crippen LogP contribution in [0.1, 0.15) is 13.8 Å². The SMILES string of the molecule is CCOC(=O)NCCN(C(C)=O)c1ccccc1Br. The van der Waals surface area contributed by atoms with Crippen LogP contribution in [0.5, 0.6) is 0 Å². The largest absolute Gasteiger partial charge is 0.450 e. The van der Waals surface area contributed by atoms with E-state index in [1.54, 1.807) is 11.8 Å². The molecule has 6 heteroatoms. The zero-order valence-electron chi connectivity index (χ0n) is 11.0. The third kappa shape index (κ3) is 4.90. The van der Waals surface area contributed by atoms with Gasteiger partial charge in [0.25, 0.3) is 0 Å². The number of nitrogens with one attached hydrogen (secondary N) is 1. The maximum atomic E-state index is 11.7. The minimum Gasteiger partial charge on any atom is -0.450 e. The first-order valence-electron chi connectivity index (χ1n) is 5.99. The van der Waals surface area contributed by atoms with E-state index in [1.807, 2.05) is 24.3 Å². The van der Waals surface area contributed by atoms with Gasteiger partial charge in [0.05, 0.1) is 12.3 Å². The van der Waals surface area contributed by atoms with Crippen LogP contribution in [-0.4, -0.2) is 31.7 Å². The Balaban J connectivity index is 2.63. The fourth-order valence-corrected chi connectivity index (χ4v) is 2.07. The number of anilines is 1. The van der Waals surface area contributed by atoms with Crippen molar-refractivity contribution in [3.8, 4) is 0 Å². The van der Waals surface area contributed by atoms with Gasteiger partial charge in [-0.15, -0.1) is 0 Å². The lowest BCUT2D eigenvalue weighted by Gasteiger charge is -2.22. The molecule has 0 heterocycles. The molecule has 2 amide bonds. The van der Waals surface area contributed by atoms with Crippen molar-refractivity contribution in [2.45, 2.75) is 13.8 Å². The van der Waals surface area contributed by atoms with E-state index in [1.165, 1.54) is 6.92 Å². The van der Waals surface area contributed by atoms with Crippen molar-refractivity contribution >= 4 is 33.6 Å². The highest BCUT2D eigenvalue weighted by atomic mass is 79.9. The predicted molar refractivity (Wildman–Crippen MR) is 77.2 cm³/mol. The molecule has 0 aliphatic rings. The third-order valence-electron chi connectivity index (χ3n) is 2.40. The fraction of sp³-hybridized carbons (Fsp3) is 0.385. The van der Waals surface area contributed by atoms with E-state index in [0.29, 0.717) is 19.7 Å². The number of para-hydroxylation sites is 1. The van der Waals surface area contributed by atoms with E-state index >= 15 is 0 Å².